The number of para-hydroxylation sites is 1. The van der Waals surface area contributed by atoms with Crippen molar-refractivity contribution in [3.8, 4) is 5.75 Å². The maximum atomic E-state index is 13.0. The number of ether oxygens (including phenoxy) is 1. The molecule has 0 atom stereocenters. The van der Waals surface area contributed by atoms with Crippen LogP contribution in [0.2, 0.25) is 0 Å². The van der Waals surface area contributed by atoms with Crippen molar-refractivity contribution in [2.24, 2.45) is 0 Å². The van der Waals surface area contributed by atoms with Crippen molar-refractivity contribution in [3.05, 3.63) is 65.7 Å². The van der Waals surface area contributed by atoms with Gasteiger partial charge in [0.1, 0.15) is 22.7 Å². The lowest BCUT2D eigenvalue weighted by atomic mass is 10.1. The van der Waals surface area contributed by atoms with Gasteiger partial charge in [-0.05, 0) is 29.8 Å². The van der Waals surface area contributed by atoms with Crippen molar-refractivity contribution < 1.29 is 9.13 Å². The molecule has 0 saturated carbocycles. The lowest BCUT2D eigenvalue weighted by molar-refractivity contribution is 0.419. The first kappa shape index (κ1) is 14.4. The number of hydrogen-bond acceptors (Lipinski definition) is 4. The van der Waals surface area contributed by atoms with Gasteiger partial charge in [0.15, 0.2) is 0 Å². The van der Waals surface area contributed by atoms with E-state index in [1.807, 2.05) is 24.4 Å². The van der Waals surface area contributed by atoms with Crippen LogP contribution in [-0.4, -0.2) is 21.5 Å². The highest BCUT2D eigenvalue weighted by Gasteiger charge is 2.13. The molecule has 4 rings (SSSR count). The van der Waals surface area contributed by atoms with E-state index in [2.05, 4.69) is 9.97 Å². The van der Waals surface area contributed by atoms with Crippen LogP contribution in [0.15, 0.2) is 48.7 Å². The summed E-state index contributed by atoms with van der Waals surface area (Å²) in [5, 5.41) is 0.869. The van der Waals surface area contributed by atoms with Gasteiger partial charge < -0.3 is 10.5 Å². The summed E-state index contributed by atoms with van der Waals surface area (Å²) in [6, 6.07) is 12.1. The van der Waals surface area contributed by atoms with Crippen LogP contribution in [0.3, 0.4) is 0 Å². The Hall–Kier alpha value is -3.15. The molecule has 0 radical (unpaired) electrons. The molecular weight excluding hydrogens is 307 g/mol. The number of nitrogens with zero attached hydrogens (tertiary/aromatic N) is 3. The fourth-order valence-corrected chi connectivity index (χ4v) is 2.84. The third kappa shape index (κ3) is 2.32. The van der Waals surface area contributed by atoms with Crippen LogP contribution in [0.1, 0.15) is 11.3 Å². The van der Waals surface area contributed by atoms with Crippen LogP contribution >= 0.6 is 0 Å². The molecule has 5 nitrogen and oxygen atoms in total. The van der Waals surface area contributed by atoms with Crippen molar-refractivity contribution in [3.63, 3.8) is 0 Å². The molecule has 120 valence electrons. The van der Waals surface area contributed by atoms with Crippen LogP contribution in [0.4, 0.5) is 10.3 Å². The smallest absolute Gasteiger partial charge is 0.206 e. The number of fused-ring (bicyclic) bond motifs is 3. The van der Waals surface area contributed by atoms with Gasteiger partial charge in [0.05, 0.1) is 12.8 Å². The fourth-order valence-electron chi connectivity index (χ4n) is 2.84. The van der Waals surface area contributed by atoms with Crippen molar-refractivity contribution >= 4 is 22.5 Å². The zero-order valence-corrected chi connectivity index (χ0v) is 13.0. The highest BCUT2D eigenvalue weighted by molar-refractivity contribution is 5.96. The van der Waals surface area contributed by atoms with Gasteiger partial charge in [-0.15, -0.1) is 0 Å². The highest BCUT2D eigenvalue weighted by atomic mass is 19.1. The van der Waals surface area contributed by atoms with Gasteiger partial charge in [-0.1, -0.05) is 18.2 Å². The molecule has 0 aliphatic rings. The minimum Gasteiger partial charge on any atom is -0.494 e. The summed E-state index contributed by atoms with van der Waals surface area (Å²) in [6.45, 7) is 0. The molecule has 2 aromatic heterocycles. The number of imidazole rings is 1. The second-order valence-electron chi connectivity index (χ2n) is 5.56. The summed E-state index contributed by atoms with van der Waals surface area (Å²) in [7, 11) is 1.60. The lowest BCUT2D eigenvalue weighted by Gasteiger charge is -2.07. The van der Waals surface area contributed by atoms with E-state index in [1.54, 1.807) is 23.6 Å². The summed E-state index contributed by atoms with van der Waals surface area (Å²) in [5.41, 5.74) is 9.31. The topological polar surface area (TPSA) is 65.4 Å². The number of benzene rings is 2. The van der Waals surface area contributed by atoms with E-state index in [-0.39, 0.29) is 5.82 Å². The summed E-state index contributed by atoms with van der Waals surface area (Å²) in [4.78, 5) is 9.12. The Balaban J connectivity index is 1.86. The molecular formula is C18H15FN4O. The Kier molecular flexibility index (Phi) is 3.30. The summed E-state index contributed by atoms with van der Waals surface area (Å²) in [5.74, 6) is 0.755. The number of nitrogens with two attached hydrogens (primary N) is 1. The largest absolute Gasteiger partial charge is 0.494 e. The second-order valence-corrected chi connectivity index (χ2v) is 5.56. The third-order valence-electron chi connectivity index (χ3n) is 3.99. The van der Waals surface area contributed by atoms with Gasteiger partial charge in [0.25, 0.3) is 0 Å². The average molecular weight is 322 g/mol. The molecule has 0 aliphatic heterocycles. The van der Waals surface area contributed by atoms with Gasteiger partial charge in [-0.25, -0.2) is 14.4 Å². The van der Waals surface area contributed by atoms with Crippen LogP contribution in [0, 0.1) is 5.82 Å². The first-order chi connectivity index (χ1) is 11.7. The Morgan fingerprint density at radius 1 is 1.12 bits per heavy atom. The average Bonchev–Trinajstić information content (AvgIpc) is 3.01. The monoisotopic (exact) mass is 322 g/mol. The first-order valence-electron chi connectivity index (χ1n) is 7.50. The molecule has 0 aliphatic carbocycles. The lowest BCUT2D eigenvalue weighted by Crippen LogP contribution is -2.01. The van der Waals surface area contributed by atoms with E-state index in [1.165, 1.54) is 12.1 Å². The quantitative estimate of drug-likeness (QED) is 0.629. The molecule has 4 aromatic rings. The van der Waals surface area contributed by atoms with Crippen molar-refractivity contribution in [1.29, 1.82) is 0 Å². The molecule has 2 aromatic carbocycles. The minimum absolute atomic E-state index is 0.250. The van der Waals surface area contributed by atoms with Gasteiger partial charge in [-0.2, -0.15) is 0 Å². The normalized spacial score (nSPS) is 11.2. The van der Waals surface area contributed by atoms with Gasteiger partial charge in [0.2, 0.25) is 5.95 Å². The van der Waals surface area contributed by atoms with E-state index in [0.29, 0.717) is 23.6 Å². The molecule has 0 bridgehead atoms. The zero-order valence-electron chi connectivity index (χ0n) is 13.0. The number of anilines is 1. The van der Waals surface area contributed by atoms with Crippen molar-refractivity contribution in [2.45, 2.75) is 6.42 Å². The van der Waals surface area contributed by atoms with Crippen LogP contribution < -0.4 is 10.5 Å². The van der Waals surface area contributed by atoms with Crippen molar-refractivity contribution in [1.82, 2.24) is 14.4 Å². The van der Waals surface area contributed by atoms with E-state index in [0.717, 1.165) is 22.3 Å². The zero-order chi connectivity index (χ0) is 16.7. The number of rotatable bonds is 3. The van der Waals surface area contributed by atoms with E-state index in [4.69, 9.17) is 10.5 Å². The molecule has 2 heterocycles. The van der Waals surface area contributed by atoms with E-state index < -0.39 is 0 Å². The van der Waals surface area contributed by atoms with Gasteiger partial charge >= 0.3 is 0 Å². The predicted molar refractivity (Wildman–Crippen MR) is 90.7 cm³/mol. The fraction of sp³-hybridized carbons (Fsp3) is 0.111. The molecule has 2 N–H and O–H groups in total. The van der Waals surface area contributed by atoms with Gasteiger partial charge in [-0.3, -0.25) is 4.40 Å². The number of nitrogen functional groups attached to an aromatic ring is 1. The van der Waals surface area contributed by atoms with E-state index in [9.17, 15) is 4.39 Å². The Morgan fingerprint density at radius 2 is 1.92 bits per heavy atom. The Morgan fingerprint density at radius 3 is 2.67 bits per heavy atom. The SMILES string of the molecule is COc1cccc2c1nc(N)n1cc(Cc3ccc(F)cc3)nc21. The molecule has 0 spiro atoms. The number of halogens is 1. The van der Waals surface area contributed by atoms with Crippen molar-refractivity contribution in [2.75, 3.05) is 12.8 Å². The van der Waals surface area contributed by atoms with Crippen LogP contribution in [-0.2, 0) is 6.42 Å². The van der Waals surface area contributed by atoms with Gasteiger partial charge in [0, 0.05) is 18.0 Å². The van der Waals surface area contributed by atoms with E-state index >= 15 is 0 Å². The maximum Gasteiger partial charge on any atom is 0.206 e. The second kappa shape index (κ2) is 5.49. The predicted octanol–water partition coefficient (Wildman–Crippen LogP) is 3.20. The molecule has 6 heteroatoms. The molecule has 24 heavy (non-hydrogen) atoms. The highest BCUT2D eigenvalue weighted by Crippen LogP contribution is 2.28. The minimum atomic E-state index is -0.250. The number of methoxy groups -OCH3 is 1. The third-order valence-corrected chi connectivity index (χ3v) is 3.99. The number of hydrogen-bond donors (Lipinski definition) is 1. The maximum absolute atomic E-state index is 13.0. The molecule has 0 unspecified atom stereocenters. The molecule has 0 saturated heterocycles. The summed E-state index contributed by atoms with van der Waals surface area (Å²) >= 11 is 0. The van der Waals surface area contributed by atoms with Crippen LogP contribution in [0.5, 0.6) is 5.75 Å². The summed E-state index contributed by atoms with van der Waals surface area (Å²) in [6.07, 6.45) is 2.45. The Labute approximate surface area is 137 Å². The first-order valence-corrected chi connectivity index (χ1v) is 7.50. The Bertz CT molecular complexity index is 1040. The molecule has 0 fully saturated rings. The van der Waals surface area contributed by atoms with Crippen LogP contribution in [0.25, 0.3) is 16.6 Å². The number of aromatic nitrogens is 3. The summed E-state index contributed by atoms with van der Waals surface area (Å²) < 4.78 is 20.2. The molecule has 0 amide bonds. The standard InChI is InChI=1S/C18H15FN4O/c1-24-15-4-2-3-14-16(15)22-18(20)23-10-13(21-17(14)23)9-11-5-7-12(19)8-6-11/h2-8,10H,9H2,1H3,(H2,20,22).